The molecule has 0 aliphatic rings. The van der Waals surface area contributed by atoms with E-state index in [1.807, 2.05) is 18.2 Å². The summed E-state index contributed by atoms with van der Waals surface area (Å²) in [7, 11) is 0. The van der Waals surface area contributed by atoms with Gasteiger partial charge in [0.15, 0.2) is 0 Å². The molecule has 0 saturated carbocycles. The van der Waals surface area contributed by atoms with Gasteiger partial charge in [-0.25, -0.2) is 4.68 Å². The minimum absolute atomic E-state index is 0.554. The zero-order valence-corrected chi connectivity index (χ0v) is 8.64. The van der Waals surface area contributed by atoms with Crippen LogP contribution in [-0.2, 0) is 0 Å². The first kappa shape index (κ1) is 8.91. The van der Waals surface area contributed by atoms with Gasteiger partial charge in [0.25, 0.3) is 0 Å². The fourth-order valence-corrected chi connectivity index (χ4v) is 1.60. The second-order valence-electron chi connectivity index (χ2n) is 2.59. The molecule has 68 valence electrons. The molecule has 0 amide bonds. The number of hydrogen-bond acceptors (Lipinski definition) is 3. The van der Waals surface area contributed by atoms with E-state index in [4.69, 9.17) is 5.26 Å². The van der Waals surface area contributed by atoms with E-state index in [-0.39, 0.29) is 0 Å². The third-order valence-electron chi connectivity index (χ3n) is 1.77. The Morgan fingerprint density at radius 2 is 2.29 bits per heavy atom. The molecule has 1 aromatic heterocycles. The van der Waals surface area contributed by atoms with E-state index in [1.54, 1.807) is 17.1 Å². The van der Waals surface area contributed by atoms with Crippen molar-refractivity contribution in [3.63, 3.8) is 0 Å². The fraction of sp³-hybridized carbons (Fsp3) is 0. The third kappa shape index (κ3) is 1.40. The molecule has 5 heteroatoms. The van der Waals surface area contributed by atoms with Crippen molar-refractivity contribution in [3.8, 4) is 11.8 Å². The van der Waals surface area contributed by atoms with Crippen LogP contribution in [0.3, 0.4) is 0 Å². The van der Waals surface area contributed by atoms with Crippen LogP contribution >= 0.6 is 15.9 Å². The Balaban J connectivity index is 2.66. The summed E-state index contributed by atoms with van der Waals surface area (Å²) in [5, 5.41) is 16.5. The normalized spacial score (nSPS) is 9.71. The molecule has 4 nitrogen and oxygen atoms in total. The number of aromatic nitrogens is 3. The van der Waals surface area contributed by atoms with Gasteiger partial charge < -0.3 is 0 Å². The lowest BCUT2D eigenvalue weighted by atomic mass is 10.2. The molecule has 0 aliphatic heterocycles. The SMILES string of the molecule is N#Cc1c(Br)cccc1-n1ccnn1. The molecule has 0 aliphatic carbocycles. The maximum absolute atomic E-state index is 8.96. The van der Waals surface area contributed by atoms with Crippen LogP contribution in [0.2, 0.25) is 0 Å². The second-order valence-corrected chi connectivity index (χ2v) is 3.45. The van der Waals surface area contributed by atoms with Crippen LogP contribution in [0.4, 0.5) is 0 Å². The summed E-state index contributed by atoms with van der Waals surface area (Å²) in [6.07, 6.45) is 3.27. The minimum Gasteiger partial charge on any atom is -0.219 e. The van der Waals surface area contributed by atoms with Crippen molar-refractivity contribution in [2.75, 3.05) is 0 Å². The van der Waals surface area contributed by atoms with E-state index in [2.05, 4.69) is 32.3 Å². The molecule has 0 saturated heterocycles. The molecular weight excluding hydrogens is 244 g/mol. The van der Waals surface area contributed by atoms with Gasteiger partial charge in [0.2, 0.25) is 0 Å². The van der Waals surface area contributed by atoms with Gasteiger partial charge in [0.05, 0.1) is 23.6 Å². The number of halogens is 1. The summed E-state index contributed by atoms with van der Waals surface area (Å²) >= 11 is 3.31. The van der Waals surface area contributed by atoms with Gasteiger partial charge in [0.1, 0.15) is 6.07 Å². The fourth-order valence-electron chi connectivity index (χ4n) is 1.15. The van der Waals surface area contributed by atoms with Crippen molar-refractivity contribution in [2.45, 2.75) is 0 Å². The van der Waals surface area contributed by atoms with Gasteiger partial charge in [-0.3, -0.25) is 0 Å². The average molecular weight is 249 g/mol. The van der Waals surface area contributed by atoms with Crippen LogP contribution in [0.1, 0.15) is 5.56 Å². The lowest BCUT2D eigenvalue weighted by molar-refractivity contribution is 0.801. The first-order valence-electron chi connectivity index (χ1n) is 3.88. The van der Waals surface area contributed by atoms with E-state index >= 15 is 0 Å². The molecule has 0 spiro atoms. The summed E-state index contributed by atoms with van der Waals surface area (Å²) in [4.78, 5) is 0. The average Bonchev–Trinajstić information content (AvgIpc) is 2.70. The Labute approximate surface area is 88.9 Å². The van der Waals surface area contributed by atoms with E-state index in [1.165, 1.54) is 0 Å². The van der Waals surface area contributed by atoms with Gasteiger partial charge in [0, 0.05) is 4.47 Å². The molecule has 0 radical (unpaired) electrons. The molecule has 0 unspecified atom stereocenters. The lowest BCUT2D eigenvalue weighted by Crippen LogP contribution is -1.98. The molecule has 0 atom stereocenters. The number of nitrogens with zero attached hydrogens (tertiary/aromatic N) is 4. The Hall–Kier alpha value is -1.67. The molecule has 2 aromatic rings. The van der Waals surface area contributed by atoms with E-state index in [0.29, 0.717) is 5.56 Å². The Kier molecular flexibility index (Phi) is 2.29. The number of nitriles is 1. The summed E-state index contributed by atoms with van der Waals surface area (Å²) in [6, 6.07) is 7.60. The van der Waals surface area contributed by atoms with Crippen molar-refractivity contribution < 1.29 is 0 Å². The quantitative estimate of drug-likeness (QED) is 0.775. The predicted molar refractivity (Wildman–Crippen MR) is 53.8 cm³/mol. The van der Waals surface area contributed by atoms with Crippen molar-refractivity contribution in [2.24, 2.45) is 0 Å². The van der Waals surface area contributed by atoms with E-state index in [9.17, 15) is 0 Å². The molecule has 0 N–H and O–H groups in total. The van der Waals surface area contributed by atoms with Crippen LogP contribution in [0, 0.1) is 11.3 Å². The van der Waals surface area contributed by atoms with Crippen LogP contribution in [0.25, 0.3) is 5.69 Å². The monoisotopic (exact) mass is 248 g/mol. The first-order valence-corrected chi connectivity index (χ1v) is 4.67. The summed E-state index contributed by atoms with van der Waals surface area (Å²) in [6.45, 7) is 0. The van der Waals surface area contributed by atoms with Gasteiger partial charge >= 0.3 is 0 Å². The third-order valence-corrected chi connectivity index (χ3v) is 2.43. The number of hydrogen-bond donors (Lipinski definition) is 0. The second kappa shape index (κ2) is 3.60. The van der Waals surface area contributed by atoms with Gasteiger partial charge in [-0.15, -0.1) is 5.10 Å². The standard InChI is InChI=1S/C9H5BrN4/c10-8-2-1-3-9(7(8)6-11)14-5-4-12-13-14/h1-5H. The smallest absolute Gasteiger partial charge is 0.103 e. The van der Waals surface area contributed by atoms with Crippen LogP contribution < -0.4 is 0 Å². The highest BCUT2D eigenvalue weighted by atomic mass is 79.9. The topological polar surface area (TPSA) is 54.5 Å². The van der Waals surface area contributed by atoms with Crippen LogP contribution in [0.5, 0.6) is 0 Å². The van der Waals surface area contributed by atoms with Gasteiger partial charge in [-0.1, -0.05) is 11.3 Å². The zero-order chi connectivity index (χ0) is 9.97. The molecule has 1 aromatic carbocycles. The van der Waals surface area contributed by atoms with Gasteiger partial charge in [-0.05, 0) is 28.1 Å². The maximum Gasteiger partial charge on any atom is 0.103 e. The molecule has 0 fully saturated rings. The van der Waals surface area contributed by atoms with Crippen molar-refractivity contribution in [1.82, 2.24) is 15.0 Å². The van der Waals surface area contributed by atoms with Crippen LogP contribution in [0.15, 0.2) is 35.1 Å². The van der Waals surface area contributed by atoms with Crippen molar-refractivity contribution in [1.29, 1.82) is 5.26 Å². The molecule has 1 heterocycles. The van der Waals surface area contributed by atoms with E-state index < -0.39 is 0 Å². The molecular formula is C9H5BrN4. The zero-order valence-electron chi connectivity index (χ0n) is 7.05. The maximum atomic E-state index is 8.96. The van der Waals surface area contributed by atoms with Crippen molar-refractivity contribution >= 4 is 15.9 Å². The minimum atomic E-state index is 0.554. The lowest BCUT2D eigenvalue weighted by Gasteiger charge is -2.03. The highest BCUT2D eigenvalue weighted by Gasteiger charge is 2.07. The largest absolute Gasteiger partial charge is 0.219 e. The van der Waals surface area contributed by atoms with Crippen LogP contribution in [-0.4, -0.2) is 15.0 Å². The van der Waals surface area contributed by atoms with E-state index in [0.717, 1.165) is 10.2 Å². The highest BCUT2D eigenvalue weighted by Crippen LogP contribution is 2.21. The Morgan fingerprint density at radius 3 is 2.93 bits per heavy atom. The molecule has 14 heavy (non-hydrogen) atoms. The Bertz CT molecular complexity index is 484. The highest BCUT2D eigenvalue weighted by molar-refractivity contribution is 9.10. The van der Waals surface area contributed by atoms with Gasteiger partial charge in [-0.2, -0.15) is 5.26 Å². The number of benzene rings is 1. The summed E-state index contributed by atoms with van der Waals surface area (Å²) in [5.74, 6) is 0. The molecule has 0 bridgehead atoms. The summed E-state index contributed by atoms with van der Waals surface area (Å²) < 4.78 is 2.32. The Morgan fingerprint density at radius 1 is 1.43 bits per heavy atom. The first-order chi connectivity index (χ1) is 6.83. The van der Waals surface area contributed by atoms with Crippen molar-refractivity contribution in [3.05, 3.63) is 40.6 Å². The molecule has 2 rings (SSSR count). The number of rotatable bonds is 1. The summed E-state index contributed by atoms with van der Waals surface area (Å²) in [5.41, 5.74) is 1.28. The predicted octanol–water partition coefficient (Wildman–Crippen LogP) is 1.90.